The standard InChI is InChI=1S/C16H15FN2O/c17-14-3-1-2-13(10-14)11-19-16(20)9-6-12-4-7-15(18)8-5-12/h1-10H,11,18H2,(H,19,20)/b9-6+. The van der Waals surface area contributed by atoms with Crippen LogP contribution in [0.25, 0.3) is 6.08 Å². The van der Waals surface area contributed by atoms with E-state index in [9.17, 15) is 9.18 Å². The zero-order valence-electron chi connectivity index (χ0n) is 10.8. The van der Waals surface area contributed by atoms with E-state index in [4.69, 9.17) is 5.73 Å². The van der Waals surface area contributed by atoms with Gasteiger partial charge in [-0.3, -0.25) is 4.79 Å². The van der Waals surface area contributed by atoms with E-state index in [-0.39, 0.29) is 11.7 Å². The van der Waals surface area contributed by atoms with E-state index in [0.717, 1.165) is 11.1 Å². The molecule has 0 unspecified atom stereocenters. The second-order valence-corrected chi connectivity index (χ2v) is 4.35. The van der Waals surface area contributed by atoms with Gasteiger partial charge in [0.05, 0.1) is 0 Å². The fraction of sp³-hybridized carbons (Fsp3) is 0.0625. The summed E-state index contributed by atoms with van der Waals surface area (Å²) in [5.41, 5.74) is 7.86. The molecule has 0 spiro atoms. The van der Waals surface area contributed by atoms with Gasteiger partial charge in [0.1, 0.15) is 5.82 Å². The summed E-state index contributed by atoms with van der Waals surface area (Å²) in [4.78, 5) is 11.6. The second kappa shape index (κ2) is 6.52. The molecule has 0 saturated heterocycles. The number of hydrogen-bond donors (Lipinski definition) is 2. The summed E-state index contributed by atoms with van der Waals surface area (Å²) in [6, 6.07) is 13.3. The van der Waals surface area contributed by atoms with E-state index >= 15 is 0 Å². The van der Waals surface area contributed by atoms with Gasteiger partial charge in [0.25, 0.3) is 0 Å². The van der Waals surface area contributed by atoms with E-state index in [1.54, 1.807) is 30.3 Å². The Morgan fingerprint density at radius 1 is 1.20 bits per heavy atom. The topological polar surface area (TPSA) is 55.1 Å². The van der Waals surface area contributed by atoms with E-state index < -0.39 is 0 Å². The fourth-order valence-corrected chi connectivity index (χ4v) is 1.67. The lowest BCUT2D eigenvalue weighted by atomic mass is 10.2. The molecule has 0 fully saturated rings. The SMILES string of the molecule is Nc1ccc(/C=C/C(=O)NCc2cccc(F)c2)cc1. The first-order valence-electron chi connectivity index (χ1n) is 6.19. The number of nitrogen functional groups attached to an aromatic ring is 1. The lowest BCUT2D eigenvalue weighted by Crippen LogP contribution is -2.20. The van der Waals surface area contributed by atoms with Crippen molar-refractivity contribution >= 4 is 17.7 Å². The van der Waals surface area contributed by atoms with Crippen molar-refractivity contribution in [1.29, 1.82) is 0 Å². The smallest absolute Gasteiger partial charge is 0.244 e. The van der Waals surface area contributed by atoms with Crippen molar-refractivity contribution in [2.45, 2.75) is 6.54 Å². The van der Waals surface area contributed by atoms with Crippen LogP contribution in [-0.2, 0) is 11.3 Å². The summed E-state index contributed by atoms with van der Waals surface area (Å²) in [6.07, 6.45) is 3.13. The molecule has 0 radical (unpaired) electrons. The zero-order chi connectivity index (χ0) is 14.4. The average molecular weight is 270 g/mol. The maximum atomic E-state index is 13.0. The summed E-state index contributed by atoms with van der Waals surface area (Å²) >= 11 is 0. The van der Waals surface area contributed by atoms with Gasteiger partial charge in [-0.25, -0.2) is 4.39 Å². The third kappa shape index (κ3) is 4.24. The molecular weight excluding hydrogens is 255 g/mol. The Kier molecular flexibility index (Phi) is 4.50. The third-order valence-corrected chi connectivity index (χ3v) is 2.72. The largest absolute Gasteiger partial charge is 0.399 e. The van der Waals surface area contributed by atoms with Gasteiger partial charge in [-0.05, 0) is 41.5 Å². The molecule has 1 amide bonds. The average Bonchev–Trinajstić information content (AvgIpc) is 2.45. The molecule has 2 rings (SSSR count). The van der Waals surface area contributed by atoms with Crippen molar-refractivity contribution in [3.05, 3.63) is 71.6 Å². The molecule has 2 aromatic carbocycles. The predicted octanol–water partition coefficient (Wildman–Crippen LogP) is 2.74. The van der Waals surface area contributed by atoms with E-state index in [2.05, 4.69) is 5.32 Å². The summed E-state index contributed by atoms with van der Waals surface area (Å²) in [7, 11) is 0. The minimum absolute atomic E-state index is 0.230. The van der Waals surface area contributed by atoms with Crippen molar-refractivity contribution < 1.29 is 9.18 Å². The van der Waals surface area contributed by atoms with Crippen molar-refractivity contribution in [1.82, 2.24) is 5.32 Å². The Balaban J connectivity index is 1.88. The number of nitrogens with two attached hydrogens (primary N) is 1. The van der Waals surface area contributed by atoms with Crippen LogP contribution in [0, 0.1) is 5.82 Å². The van der Waals surface area contributed by atoms with Gasteiger partial charge in [0.2, 0.25) is 5.91 Å². The van der Waals surface area contributed by atoms with Gasteiger partial charge in [0, 0.05) is 18.3 Å². The number of carbonyl (C=O) groups is 1. The van der Waals surface area contributed by atoms with Crippen LogP contribution < -0.4 is 11.1 Å². The molecule has 0 aromatic heterocycles. The van der Waals surface area contributed by atoms with Crippen LogP contribution in [0.15, 0.2) is 54.6 Å². The predicted molar refractivity (Wildman–Crippen MR) is 78.1 cm³/mol. The van der Waals surface area contributed by atoms with Crippen molar-refractivity contribution in [3.63, 3.8) is 0 Å². The highest BCUT2D eigenvalue weighted by atomic mass is 19.1. The Morgan fingerprint density at radius 2 is 1.95 bits per heavy atom. The van der Waals surface area contributed by atoms with E-state index in [1.165, 1.54) is 18.2 Å². The first kappa shape index (κ1) is 13.8. The first-order valence-corrected chi connectivity index (χ1v) is 6.19. The Labute approximate surface area is 116 Å². The van der Waals surface area contributed by atoms with Crippen molar-refractivity contribution in [2.24, 2.45) is 0 Å². The Hall–Kier alpha value is -2.62. The van der Waals surface area contributed by atoms with Gasteiger partial charge in [0.15, 0.2) is 0 Å². The van der Waals surface area contributed by atoms with Crippen molar-refractivity contribution in [3.8, 4) is 0 Å². The molecule has 0 bridgehead atoms. The number of anilines is 1. The lowest BCUT2D eigenvalue weighted by Gasteiger charge is -2.02. The van der Waals surface area contributed by atoms with Crippen LogP contribution in [0.5, 0.6) is 0 Å². The number of nitrogens with one attached hydrogen (secondary N) is 1. The second-order valence-electron chi connectivity index (χ2n) is 4.35. The summed E-state index contributed by atoms with van der Waals surface area (Å²) in [5.74, 6) is -0.541. The third-order valence-electron chi connectivity index (χ3n) is 2.72. The molecule has 0 saturated carbocycles. The van der Waals surface area contributed by atoms with Crippen LogP contribution in [0.2, 0.25) is 0 Å². The molecule has 0 aliphatic heterocycles. The zero-order valence-corrected chi connectivity index (χ0v) is 10.8. The number of rotatable bonds is 4. The number of halogens is 1. The molecule has 102 valence electrons. The normalized spacial score (nSPS) is 10.7. The molecule has 4 heteroatoms. The quantitative estimate of drug-likeness (QED) is 0.663. The van der Waals surface area contributed by atoms with Crippen LogP contribution in [0.4, 0.5) is 10.1 Å². The Bertz CT molecular complexity index is 621. The lowest BCUT2D eigenvalue weighted by molar-refractivity contribution is -0.116. The van der Waals surface area contributed by atoms with Gasteiger partial charge >= 0.3 is 0 Å². The van der Waals surface area contributed by atoms with Gasteiger partial charge < -0.3 is 11.1 Å². The molecule has 2 aromatic rings. The molecular formula is C16H15FN2O. The number of hydrogen-bond acceptors (Lipinski definition) is 2. The maximum absolute atomic E-state index is 13.0. The summed E-state index contributed by atoms with van der Waals surface area (Å²) in [5, 5.41) is 2.69. The molecule has 20 heavy (non-hydrogen) atoms. The van der Waals surface area contributed by atoms with Gasteiger partial charge in [-0.15, -0.1) is 0 Å². The molecule has 0 aliphatic carbocycles. The Morgan fingerprint density at radius 3 is 2.65 bits per heavy atom. The molecule has 0 heterocycles. The summed E-state index contributed by atoms with van der Waals surface area (Å²) in [6.45, 7) is 0.294. The van der Waals surface area contributed by atoms with Crippen molar-refractivity contribution in [2.75, 3.05) is 5.73 Å². The minimum atomic E-state index is -0.311. The van der Waals surface area contributed by atoms with E-state index in [1.807, 2.05) is 12.1 Å². The monoisotopic (exact) mass is 270 g/mol. The number of benzene rings is 2. The highest BCUT2D eigenvalue weighted by Gasteiger charge is 1.98. The van der Waals surface area contributed by atoms with Crippen LogP contribution in [0.3, 0.4) is 0 Å². The molecule has 3 nitrogen and oxygen atoms in total. The van der Waals surface area contributed by atoms with Crippen LogP contribution in [-0.4, -0.2) is 5.91 Å². The maximum Gasteiger partial charge on any atom is 0.244 e. The molecule has 0 atom stereocenters. The number of carbonyl (C=O) groups excluding carboxylic acids is 1. The first-order chi connectivity index (χ1) is 9.63. The summed E-state index contributed by atoms with van der Waals surface area (Å²) < 4.78 is 13.0. The molecule has 0 aliphatic rings. The highest BCUT2D eigenvalue weighted by Crippen LogP contribution is 2.07. The number of amides is 1. The van der Waals surface area contributed by atoms with Gasteiger partial charge in [-0.1, -0.05) is 24.3 Å². The fourth-order valence-electron chi connectivity index (χ4n) is 1.67. The van der Waals surface area contributed by atoms with Crippen LogP contribution in [0.1, 0.15) is 11.1 Å². The van der Waals surface area contributed by atoms with E-state index in [0.29, 0.717) is 12.2 Å². The highest BCUT2D eigenvalue weighted by molar-refractivity contribution is 5.91. The van der Waals surface area contributed by atoms with Gasteiger partial charge in [-0.2, -0.15) is 0 Å². The molecule has 3 N–H and O–H groups in total. The minimum Gasteiger partial charge on any atom is -0.399 e. The van der Waals surface area contributed by atoms with Crippen LogP contribution >= 0.6 is 0 Å².